The summed E-state index contributed by atoms with van der Waals surface area (Å²) in [6.07, 6.45) is 0. The van der Waals surface area contributed by atoms with Crippen molar-refractivity contribution in [1.29, 1.82) is 5.26 Å². The van der Waals surface area contributed by atoms with Gasteiger partial charge in [0.05, 0.1) is 19.1 Å². The zero-order valence-corrected chi connectivity index (χ0v) is 7.37. The predicted octanol–water partition coefficient (Wildman–Crippen LogP) is 1.73. The molecule has 0 amide bonds. The average Bonchev–Trinajstić information content (AvgIpc) is 2.59. The van der Waals surface area contributed by atoms with Crippen molar-refractivity contribution in [3.05, 3.63) is 23.8 Å². The van der Waals surface area contributed by atoms with Gasteiger partial charge in [-0.3, -0.25) is 0 Å². The number of methoxy groups -OCH3 is 1. The molecule has 1 N–H and O–H groups in total. The monoisotopic (exact) mass is 174 g/mol. The van der Waals surface area contributed by atoms with Gasteiger partial charge in [-0.15, -0.1) is 0 Å². The molecule has 1 unspecified atom stereocenters. The van der Waals surface area contributed by atoms with E-state index in [1.165, 1.54) is 0 Å². The first-order valence-corrected chi connectivity index (χ1v) is 4.16. The lowest BCUT2D eigenvalue weighted by Gasteiger charge is -2.03. The Balaban J connectivity index is 2.44. The maximum atomic E-state index is 8.85. The standard InChI is InChI=1S/C10H10N2O/c1-13-8-2-3-10-9(4-8)7(5-11)6-12-10/h2-4,7,12H,6H2,1H3. The third-order valence-electron chi connectivity index (χ3n) is 2.29. The maximum absolute atomic E-state index is 8.85. The largest absolute Gasteiger partial charge is 0.497 e. The number of nitriles is 1. The van der Waals surface area contributed by atoms with Crippen molar-refractivity contribution in [1.82, 2.24) is 0 Å². The normalized spacial score (nSPS) is 18.6. The van der Waals surface area contributed by atoms with E-state index < -0.39 is 0 Å². The van der Waals surface area contributed by atoms with Crippen molar-refractivity contribution in [2.24, 2.45) is 0 Å². The Morgan fingerprint density at radius 1 is 1.62 bits per heavy atom. The number of anilines is 1. The number of nitrogens with one attached hydrogen (secondary N) is 1. The molecule has 0 spiro atoms. The minimum Gasteiger partial charge on any atom is -0.497 e. The molecular weight excluding hydrogens is 164 g/mol. The van der Waals surface area contributed by atoms with Gasteiger partial charge in [-0.1, -0.05) is 0 Å². The molecule has 3 heteroatoms. The van der Waals surface area contributed by atoms with Crippen molar-refractivity contribution in [2.75, 3.05) is 19.0 Å². The zero-order valence-electron chi connectivity index (χ0n) is 7.37. The third-order valence-corrected chi connectivity index (χ3v) is 2.29. The average molecular weight is 174 g/mol. The Morgan fingerprint density at radius 2 is 2.46 bits per heavy atom. The van der Waals surface area contributed by atoms with Gasteiger partial charge < -0.3 is 10.1 Å². The van der Waals surface area contributed by atoms with Gasteiger partial charge in [0.1, 0.15) is 5.75 Å². The summed E-state index contributed by atoms with van der Waals surface area (Å²) in [5.74, 6) is 0.771. The van der Waals surface area contributed by atoms with Crippen LogP contribution in [0.5, 0.6) is 5.75 Å². The molecule has 1 aliphatic rings. The summed E-state index contributed by atoms with van der Waals surface area (Å²) in [6.45, 7) is 0.707. The molecule has 0 saturated heterocycles. The van der Waals surface area contributed by atoms with Gasteiger partial charge in [-0.25, -0.2) is 0 Å². The Morgan fingerprint density at radius 3 is 3.15 bits per heavy atom. The molecule has 0 saturated carbocycles. The fourth-order valence-corrected chi connectivity index (χ4v) is 1.55. The van der Waals surface area contributed by atoms with E-state index in [0.717, 1.165) is 17.0 Å². The summed E-state index contributed by atoms with van der Waals surface area (Å²) in [7, 11) is 1.63. The summed E-state index contributed by atoms with van der Waals surface area (Å²) in [6, 6.07) is 8.02. The molecule has 1 heterocycles. The summed E-state index contributed by atoms with van der Waals surface area (Å²) in [5.41, 5.74) is 2.09. The molecule has 0 aromatic heterocycles. The van der Waals surface area contributed by atoms with Crippen LogP contribution in [0, 0.1) is 11.3 Å². The van der Waals surface area contributed by atoms with Gasteiger partial charge in [0.2, 0.25) is 0 Å². The number of benzene rings is 1. The summed E-state index contributed by atoms with van der Waals surface area (Å²) in [5, 5.41) is 12.0. The van der Waals surface area contributed by atoms with Crippen molar-refractivity contribution in [3.63, 3.8) is 0 Å². The number of hydrogen-bond acceptors (Lipinski definition) is 3. The van der Waals surface area contributed by atoms with Crippen molar-refractivity contribution in [3.8, 4) is 11.8 Å². The van der Waals surface area contributed by atoms with E-state index in [1.807, 2.05) is 18.2 Å². The molecule has 0 radical (unpaired) electrons. The summed E-state index contributed by atoms with van der Waals surface area (Å²) >= 11 is 0. The smallest absolute Gasteiger partial charge is 0.119 e. The van der Waals surface area contributed by atoms with Crippen molar-refractivity contribution in [2.45, 2.75) is 5.92 Å². The van der Waals surface area contributed by atoms with Crippen LogP contribution in [0.3, 0.4) is 0 Å². The van der Waals surface area contributed by atoms with Gasteiger partial charge in [-0.05, 0) is 23.8 Å². The third kappa shape index (κ3) is 1.20. The first kappa shape index (κ1) is 7.93. The minimum atomic E-state index is -0.0369. The first-order chi connectivity index (χ1) is 6.35. The first-order valence-electron chi connectivity index (χ1n) is 4.16. The zero-order chi connectivity index (χ0) is 9.26. The highest BCUT2D eigenvalue weighted by atomic mass is 16.5. The van der Waals surface area contributed by atoms with E-state index in [2.05, 4.69) is 11.4 Å². The lowest BCUT2D eigenvalue weighted by molar-refractivity contribution is 0.414. The van der Waals surface area contributed by atoms with Gasteiger partial charge in [0, 0.05) is 12.2 Å². The topological polar surface area (TPSA) is 45.0 Å². The van der Waals surface area contributed by atoms with Crippen LogP contribution >= 0.6 is 0 Å². The number of rotatable bonds is 1. The number of hydrogen-bond donors (Lipinski definition) is 1. The molecule has 3 nitrogen and oxygen atoms in total. The van der Waals surface area contributed by atoms with Gasteiger partial charge in [-0.2, -0.15) is 5.26 Å². The highest BCUT2D eigenvalue weighted by molar-refractivity contribution is 5.61. The molecule has 0 aliphatic carbocycles. The maximum Gasteiger partial charge on any atom is 0.119 e. The number of ether oxygens (including phenoxy) is 1. The van der Waals surface area contributed by atoms with Crippen LogP contribution in [0.4, 0.5) is 5.69 Å². The molecule has 2 rings (SSSR count). The fourth-order valence-electron chi connectivity index (χ4n) is 1.55. The van der Waals surface area contributed by atoms with E-state index in [9.17, 15) is 0 Å². The molecule has 1 aliphatic heterocycles. The molecule has 1 aromatic carbocycles. The lowest BCUT2D eigenvalue weighted by atomic mass is 10.0. The molecule has 0 bridgehead atoms. The van der Waals surface area contributed by atoms with Crippen LogP contribution < -0.4 is 10.1 Å². The van der Waals surface area contributed by atoms with E-state index in [4.69, 9.17) is 10.00 Å². The van der Waals surface area contributed by atoms with Crippen LogP contribution in [0.1, 0.15) is 11.5 Å². The Labute approximate surface area is 76.9 Å². The van der Waals surface area contributed by atoms with E-state index in [1.54, 1.807) is 7.11 Å². The highest BCUT2D eigenvalue weighted by Crippen LogP contribution is 2.33. The van der Waals surface area contributed by atoms with Gasteiger partial charge >= 0.3 is 0 Å². The molecular formula is C10H10N2O. The summed E-state index contributed by atoms with van der Waals surface area (Å²) in [4.78, 5) is 0. The number of fused-ring (bicyclic) bond motifs is 1. The molecule has 1 atom stereocenters. The SMILES string of the molecule is COc1ccc2c(c1)C(C#N)CN2. The van der Waals surface area contributed by atoms with E-state index in [0.29, 0.717) is 6.54 Å². The Hall–Kier alpha value is -1.69. The highest BCUT2D eigenvalue weighted by Gasteiger charge is 2.21. The molecule has 0 fully saturated rings. The lowest BCUT2D eigenvalue weighted by Crippen LogP contribution is -1.98. The second kappa shape index (κ2) is 2.98. The molecule has 13 heavy (non-hydrogen) atoms. The minimum absolute atomic E-state index is 0.0369. The summed E-state index contributed by atoms with van der Waals surface area (Å²) < 4.78 is 5.10. The van der Waals surface area contributed by atoms with Crippen molar-refractivity contribution < 1.29 is 4.74 Å². The second-order valence-corrected chi connectivity index (χ2v) is 3.02. The van der Waals surface area contributed by atoms with E-state index >= 15 is 0 Å². The Bertz CT molecular complexity index is 368. The van der Waals surface area contributed by atoms with Crippen LogP contribution in [0.2, 0.25) is 0 Å². The molecule has 66 valence electrons. The fraction of sp³-hybridized carbons (Fsp3) is 0.300. The van der Waals surface area contributed by atoms with Gasteiger partial charge in [0.15, 0.2) is 0 Å². The predicted molar refractivity (Wildman–Crippen MR) is 49.8 cm³/mol. The van der Waals surface area contributed by atoms with Crippen LogP contribution in [-0.2, 0) is 0 Å². The quantitative estimate of drug-likeness (QED) is 0.705. The second-order valence-electron chi connectivity index (χ2n) is 3.02. The van der Waals surface area contributed by atoms with Gasteiger partial charge in [0.25, 0.3) is 0 Å². The van der Waals surface area contributed by atoms with Crippen LogP contribution in [0.25, 0.3) is 0 Å². The van der Waals surface area contributed by atoms with E-state index in [-0.39, 0.29) is 5.92 Å². The number of nitrogens with zero attached hydrogens (tertiary/aromatic N) is 1. The van der Waals surface area contributed by atoms with Crippen molar-refractivity contribution >= 4 is 5.69 Å². The van der Waals surface area contributed by atoms with Crippen LogP contribution in [0.15, 0.2) is 18.2 Å². The Kier molecular flexibility index (Phi) is 1.82. The molecule has 1 aromatic rings. The van der Waals surface area contributed by atoms with Crippen LogP contribution in [-0.4, -0.2) is 13.7 Å².